The molecule has 3 nitrogen and oxygen atoms in total. The molecule has 122 valence electrons. The molecule has 5 heteroatoms. The van der Waals surface area contributed by atoms with Gasteiger partial charge in [0.25, 0.3) is 0 Å². The summed E-state index contributed by atoms with van der Waals surface area (Å²) in [7, 11) is 0. The first-order valence-electron chi connectivity index (χ1n) is 7.96. The molecule has 0 spiro atoms. The Morgan fingerprint density at radius 2 is 1.87 bits per heavy atom. The summed E-state index contributed by atoms with van der Waals surface area (Å²) in [6, 6.07) is 8.69. The maximum atomic E-state index is 13.0. The van der Waals surface area contributed by atoms with Crippen LogP contribution in [0.25, 0.3) is 0 Å². The standard InChI is InChI=1S/C18H21FN2OS/c19-17-4-2-15(3-5-17)13-20-7-1-8-21(10-9-20)18(22)12-16-6-11-23-14-16/h2-6,11,14H,1,7-10,12-13H2. The van der Waals surface area contributed by atoms with Gasteiger partial charge in [-0.05, 0) is 46.5 Å². The average molecular weight is 332 g/mol. The molecule has 1 aromatic carbocycles. The summed E-state index contributed by atoms with van der Waals surface area (Å²) < 4.78 is 13.0. The van der Waals surface area contributed by atoms with E-state index in [-0.39, 0.29) is 11.7 Å². The molecule has 1 amide bonds. The van der Waals surface area contributed by atoms with E-state index in [0.717, 1.165) is 50.3 Å². The van der Waals surface area contributed by atoms with Gasteiger partial charge < -0.3 is 4.90 Å². The maximum Gasteiger partial charge on any atom is 0.227 e. The third-order valence-corrected chi connectivity index (χ3v) is 4.93. The van der Waals surface area contributed by atoms with Crippen LogP contribution in [0.4, 0.5) is 4.39 Å². The SMILES string of the molecule is O=C(Cc1ccsc1)N1CCCN(Cc2ccc(F)cc2)CC1. The number of rotatable bonds is 4. The topological polar surface area (TPSA) is 23.6 Å². The number of nitrogens with zero attached hydrogens (tertiary/aromatic N) is 2. The summed E-state index contributed by atoms with van der Waals surface area (Å²) in [5, 5.41) is 4.05. The van der Waals surface area contributed by atoms with Gasteiger partial charge in [0.1, 0.15) is 5.82 Å². The molecule has 1 aromatic heterocycles. The van der Waals surface area contributed by atoms with Crippen molar-refractivity contribution < 1.29 is 9.18 Å². The first-order chi connectivity index (χ1) is 11.2. The molecule has 1 aliphatic heterocycles. The molecule has 1 fully saturated rings. The van der Waals surface area contributed by atoms with Crippen LogP contribution in [0.3, 0.4) is 0 Å². The summed E-state index contributed by atoms with van der Waals surface area (Å²) in [6.45, 7) is 4.24. The zero-order valence-corrected chi connectivity index (χ0v) is 13.9. The van der Waals surface area contributed by atoms with Crippen LogP contribution in [0, 0.1) is 5.82 Å². The molecule has 0 atom stereocenters. The fraction of sp³-hybridized carbons (Fsp3) is 0.389. The molecule has 1 aliphatic rings. The summed E-state index contributed by atoms with van der Waals surface area (Å²) in [5.74, 6) is 0.0156. The predicted molar refractivity (Wildman–Crippen MR) is 90.9 cm³/mol. The Balaban J connectivity index is 1.52. The van der Waals surface area contributed by atoms with E-state index in [2.05, 4.69) is 4.90 Å². The van der Waals surface area contributed by atoms with Gasteiger partial charge in [-0.15, -0.1) is 0 Å². The third kappa shape index (κ3) is 4.62. The van der Waals surface area contributed by atoms with E-state index in [0.29, 0.717) is 6.42 Å². The molecule has 0 aliphatic carbocycles. The molecule has 0 N–H and O–H groups in total. The summed E-state index contributed by atoms with van der Waals surface area (Å²) in [4.78, 5) is 16.7. The quantitative estimate of drug-likeness (QED) is 0.859. The lowest BCUT2D eigenvalue weighted by molar-refractivity contribution is -0.130. The largest absolute Gasteiger partial charge is 0.341 e. The van der Waals surface area contributed by atoms with Gasteiger partial charge >= 0.3 is 0 Å². The Morgan fingerprint density at radius 3 is 2.61 bits per heavy atom. The van der Waals surface area contributed by atoms with Gasteiger partial charge in [-0.3, -0.25) is 9.69 Å². The number of benzene rings is 1. The molecule has 1 saturated heterocycles. The minimum absolute atomic E-state index is 0.199. The number of carbonyl (C=O) groups excluding carboxylic acids is 1. The van der Waals surface area contributed by atoms with Crippen molar-refractivity contribution in [3.8, 4) is 0 Å². The Kier molecular flexibility index (Phi) is 5.41. The number of hydrogen-bond acceptors (Lipinski definition) is 3. The van der Waals surface area contributed by atoms with Crippen molar-refractivity contribution in [2.75, 3.05) is 26.2 Å². The molecule has 2 heterocycles. The van der Waals surface area contributed by atoms with Gasteiger partial charge in [-0.2, -0.15) is 11.3 Å². The zero-order chi connectivity index (χ0) is 16.1. The Hall–Kier alpha value is -1.72. The zero-order valence-electron chi connectivity index (χ0n) is 13.1. The van der Waals surface area contributed by atoms with Crippen LogP contribution in [0.1, 0.15) is 17.5 Å². The highest BCUT2D eigenvalue weighted by molar-refractivity contribution is 7.07. The lowest BCUT2D eigenvalue weighted by atomic mass is 10.2. The van der Waals surface area contributed by atoms with E-state index in [4.69, 9.17) is 0 Å². The van der Waals surface area contributed by atoms with Gasteiger partial charge in [-0.25, -0.2) is 4.39 Å². The van der Waals surface area contributed by atoms with E-state index >= 15 is 0 Å². The average Bonchev–Trinajstić information content (AvgIpc) is 2.94. The highest BCUT2D eigenvalue weighted by Crippen LogP contribution is 2.12. The smallest absolute Gasteiger partial charge is 0.227 e. The summed E-state index contributed by atoms with van der Waals surface area (Å²) >= 11 is 1.63. The number of carbonyl (C=O) groups is 1. The second kappa shape index (κ2) is 7.70. The lowest BCUT2D eigenvalue weighted by Gasteiger charge is -2.22. The van der Waals surface area contributed by atoms with E-state index in [1.807, 2.05) is 33.9 Å². The molecule has 0 bridgehead atoms. The van der Waals surface area contributed by atoms with Gasteiger partial charge in [0.05, 0.1) is 6.42 Å². The van der Waals surface area contributed by atoms with Crippen LogP contribution in [-0.2, 0) is 17.8 Å². The van der Waals surface area contributed by atoms with Crippen LogP contribution in [0.5, 0.6) is 0 Å². The monoisotopic (exact) mass is 332 g/mol. The molecule has 2 aromatic rings. The molecular formula is C18H21FN2OS. The minimum atomic E-state index is -0.199. The highest BCUT2D eigenvalue weighted by atomic mass is 32.1. The van der Waals surface area contributed by atoms with Crippen LogP contribution in [0.2, 0.25) is 0 Å². The van der Waals surface area contributed by atoms with Gasteiger partial charge in [0.2, 0.25) is 5.91 Å². The summed E-state index contributed by atoms with van der Waals surface area (Å²) in [5.41, 5.74) is 2.22. The fourth-order valence-corrected chi connectivity index (χ4v) is 3.57. The predicted octanol–water partition coefficient (Wildman–Crippen LogP) is 3.16. The normalized spacial score (nSPS) is 16.3. The molecule has 0 unspecified atom stereocenters. The Morgan fingerprint density at radius 1 is 1.04 bits per heavy atom. The van der Waals surface area contributed by atoms with E-state index in [1.54, 1.807) is 11.3 Å². The first-order valence-corrected chi connectivity index (χ1v) is 8.90. The second-order valence-electron chi connectivity index (χ2n) is 5.95. The van der Waals surface area contributed by atoms with E-state index in [9.17, 15) is 9.18 Å². The van der Waals surface area contributed by atoms with Crippen molar-refractivity contribution >= 4 is 17.2 Å². The molecule has 0 saturated carbocycles. The summed E-state index contributed by atoms with van der Waals surface area (Å²) in [6.07, 6.45) is 1.48. The fourth-order valence-electron chi connectivity index (χ4n) is 2.91. The number of thiophene rings is 1. The van der Waals surface area contributed by atoms with Crippen LogP contribution in [0.15, 0.2) is 41.1 Å². The number of halogens is 1. The van der Waals surface area contributed by atoms with E-state index < -0.39 is 0 Å². The number of amides is 1. The van der Waals surface area contributed by atoms with Crippen molar-refractivity contribution in [3.05, 3.63) is 58.0 Å². The van der Waals surface area contributed by atoms with Crippen molar-refractivity contribution in [2.45, 2.75) is 19.4 Å². The third-order valence-electron chi connectivity index (χ3n) is 4.20. The molecule has 0 radical (unpaired) electrons. The van der Waals surface area contributed by atoms with Gasteiger partial charge in [0.15, 0.2) is 0 Å². The van der Waals surface area contributed by atoms with Crippen LogP contribution in [-0.4, -0.2) is 41.9 Å². The van der Waals surface area contributed by atoms with Crippen molar-refractivity contribution in [1.29, 1.82) is 0 Å². The van der Waals surface area contributed by atoms with E-state index in [1.165, 1.54) is 12.1 Å². The second-order valence-corrected chi connectivity index (χ2v) is 6.73. The Labute approximate surface area is 140 Å². The van der Waals surface area contributed by atoms with Crippen molar-refractivity contribution in [2.24, 2.45) is 0 Å². The first kappa shape index (κ1) is 16.1. The Bertz CT molecular complexity index is 627. The van der Waals surface area contributed by atoms with Gasteiger partial charge in [0, 0.05) is 32.7 Å². The molecule has 23 heavy (non-hydrogen) atoms. The minimum Gasteiger partial charge on any atom is -0.341 e. The van der Waals surface area contributed by atoms with Gasteiger partial charge in [-0.1, -0.05) is 12.1 Å². The highest BCUT2D eigenvalue weighted by Gasteiger charge is 2.19. The molecular weight excluding hydrogens is 311 g/mol. The van der Waals surface area contributed by atoms with Crippen LogP contribution >= 0.6 is 11.3 Å². The molecule has 3 rings (SSSR count). The lowest BCUT2D eigenvalue weighted by Crippen LogP contribution is -2.36. The van der Waals surface area contributed by atoms with Crippen molar-refractivity contribution in [1.82, 2.24) is 9.80 Å². The maximum absolute atomic E-state index is 13.0. The van der Waals surface area contributed by atoms with Crippen molar-refractivity contribution in [3.63, 3.8) is 0 Å². The van der Waals surface area contributed by atoms with Crippen LogP contribution < -0.4 is 0 Å². The number of hydrogen-bond donors (Lipinski definition) is 0.